The number of rotatable bonds is 7. The zero-order chi connectivity index (χ0) is 15.1. The molecule has 0 radical (unpaired) electrons. The molecule has 2 heterocycles. The molecule has 21 heavy (non-hydrogen) atoms. The van der Waals surface area contributed by atoms with E-state index in [0.717, 1.165) is 30.1 Å². The molecule has 112 valence electrons. The Balaban J connectivity index is 1.79. The van der Waals surface area contributed by atoms with Crippen LogP contribution in [0.2, 0.25) is 0 Å². The molecule has 7 heteroatoms. The molecule has 0 aliphatic heterocycles. The molecule has 0 aliphatic rings. The quantitative estimate of drug-likeness (QED) is 0.818. The van der Waals surface area contributed by atoms with E-state index in [-0.39, 0.29) is 5.91 Å². The molecule has 0 saturated carbocycles. The molecule has 1 amide bonds. The van der Waals surface area contributed by atoms with Gasteiger partial charge in [0.05, 0.1) is 5.01 Å². The number of anilines is 1. The SMILES string of the molecule is CCCNc1ccc(C(=O)NCCc2nc(C)cs2)nn1. The number of carbonyl (C=O) groups is 1. The van der Waals surface area contributed by atoms with Gasteiger partial charge in [0.15, 0.2) is 5.69 Å². The molecular formula is C14H19N5OS. The minimum Gasteiger partial charge on any atom is -0.369 e. The lowest BCUT2D eigenvalue weighted by atomic mass is 10.3. The normalized spacial score (nSPS) is 10.4. The summed E-state index contributed by atoms with van der Waals surface area (Å²) in [5.41, 5.74) is 1.34. The Bertz CT molecular complexity index is 581. The molecule has 6 nitrogen and oxygen atoms in total. The Morgan fingerprint density at radius 2 is 2.14 bits per heavy atom. The van der Waals surface area contributed by atoms with Crippen molar-refractivity contribution >= 4 is 23.1 Å². The van der Waals surface area contributed by atoms with Gasteiger partial charge in [-0.2, -0.15) is 0 Å². The van der Waals surface area contributed by atoms with Gasteiger partial charge in [-0.05, 0) is 25.5 Å². The van der Waals surface area contributed by atoms with Crippen molar-refractivity contribution in [3.05, 3.63) is 33.9 Å². The van der Waals surface area contributed by atoms with Gasteiger partial charge in [-0.25, -0.2) is 4.98 Å². The predicted octanol–water partition coefficient (Wildman–Crippen LogP) is 2.04. The first-order chi connectivity index (χ1) is 10.2. The maximum Gasteiger partial charge on any atom is 0.271 e. The summed E-state index contributed by atoms with van der Waals surface area (Å²) in [5.74, 6) is 0.476. The summed E-state index contributed by atoms with van der Waals surface area (Å²) in [7, 11) is 0. The third-order valence-corrected chi connectivity index (χ3v) is 3.77. The number of thiazole rings is 1. The molecule has 2 aromatic rings. The summed E-state index contributed by atoms with van der Waals surface area (Å²) in [5, 5.41) is 16.9. The van der Waals surface area contributed by atoms with Crippen molar-refractivity contribution in [1.82, 2.24) is 20.5 Å². The van der Waals surface area contributed by atoms with Crippen LogP contribution in [-0.2, 0) is 6.42 Å². The average molecular weight is 305 g/mol. The van der Waals surface area contributed by atoms with Crippen LogP contribution >= 0.6 is 11.3 Å². The number of nitrogens with zero attached hydrogens (tertiary/aromatic N) is 3. The average Bonchev–Trinajstić information content (AvgIpc) is 2.91. The number of amides is 1. The van der Waals surface area contributed by atoms with E-state index in [2.05, 4.69) is 32.7 Å². The van der Waals surface area contributed by atoms with Gasteiger partial charge in [-0.1, -0.05) is 6.92 Å². The fourth-order valence-electron chi connectivity index (χ4n) is 1.69. The number of nitrogens with one attached hydrogen (secondary N) is 2. The largest absolute Gasteiger partial charge is 0.369 e. The Kier molecular flexibility index (Phi) is 5.62. The van der Waals surface area contributed by atoms with Crippen molar-refractivity contribution in [2.24, 2.45) is 0 Å². The van der Waals surface area contributed by atoms with Crippen LogP contribution in [0.4, 0.5) is 5.82 Å². The Morgan fingerprint density at radius 1 is 1.29 bits per heavy atom. The summed E-state index contributed by atoms with van der Waals surface area (Å²) < 4.78 is 0. The van der Waals surface area contributed by atoms with E-state index >= 15 is 0 Å². The highest BCUT2D eigenvalue weighted by molar-refractivity contribution is 7.09. The molecular weight excluding hydrogens is 286 g/mol. The number of aromatic nitrogens is 3. The topological polar surface area (TPSA) is 79.8 Å². The lowest BCUT2D eigenvalue weighted by Gasteiger charge is -2.05. The maximum atomic E-state index is 11.9. The molecule has 0 saturated heterocycles. The van der Waals surface area contributed by atoms with E-state index in [1.54, 1.807) is 23.5 Å². The van der Waals surface area contributed by atoms with Crippen LogP contribution < -0.4 is 10.6 Å². The van der Waals surface area contributed by atoms with Gasteiger partial charge in [-0.3, -0.25) is 4.79 Å². The first kappa shape index (κ1) is 15.4. The minimum atomic E-state index is -0.210. The third kappa shape index (κ3) is 4.78. The van der Waals surface area contributed by atoms with Crippen molar-refractivity contribution in [3.63, 3.8) is 0 Å². The zero-order valence-corrected chi connectivity index (χ0v) is 13.0. The molecule has 2 rings (SSSR count). The number of hydrogen-bond acceptors (Lipinski definition) is 6. The van der Waals surface area contributed by atoms with Gasteiger partial charge in [0.2, 0.25) is 0 Å². The van der Waals surface area contributed by atoms with E-state index in [1.807, 2.05) is 12.3 Å². The fourth-order valence-corrected chi connectivity index (χ4v) is 2.47. The Labute approximate surface area is 128 Å². The van der Waals surface area contributed by atoms with Crippen molar-refractivity contribution < 1.29 is 4.79 Å². The summed E-state index contributed by atoms with van der Waals surface area (Å²) >= 11 is 1.61. The molecule has 0 fully saturated rings. The first-order valence-corrected chi connectivity index (χ1v) is 7.84. The number of aryl methyl sites for hydroxylation is 1. The van der Waals surface area contributed by atoms with Crippen LogP contribution in [-0.4, -0.2) is 34.2 Å². The van der Waals surface area contributed by atoms with Crippen molar-refractivity contribution in [2.45, 2.75) is 26.7 Å². The van der Waals surface area contributed by atoms with Crippen LogP contribution in [0.5, 0.6) is 0 Å². The number of hydrogen-bond donors (Lipinski definition) is 2. The summed E-state index contributed by atoms with van der Waals surface area (Å²) in [6, 6.07) is 3.44. The molecule has 2 aromatic heterocycles. The smallest absolute Gasteiger partial charge is 0.271 e. The third-order valence-electron chi connectivity index (χ3n) is 2.74. The molecule has 0 unspecified atom stereocenters. The maximum absolute atomic E-state index is 11.9. The van der Waals surface area contributed by atoms with Gasteiger partial charge in [0.1, 0.15) is 5.82 Å². The van der Waals surface area contributed by atoms with E-state index in [0.29, 0.717) is 18.1 Å². The van der Waals surface area contributed by atoms with Crippen LogP contribution in [0.15, 0.2) is 17.5 Å². The second-order valence-corrected chi connectivity index (χ2v) is 5.56. The van der Waals surface area contributed by atoms with Gasteiger partial charge < -0.3 is 10.6 Å². The molecule has 0 aromatic carbocycles. The second-order valence-electron chi connectivity index (χ2n) is 4.62. The summed E-state index contributed by atoms with van der Waals surface area (Å²) in [6.07, 6.45) is 1.74. The Hall–Kier alpha value is -2.02. The van der Waals surface area contributed by atoms with Crippen LogP contribution in [0.1, 0.15) is 34.5 Å². The predicted molar refractivity (Wildman–Crippen MR) is 83.7 cm³/mol. The second kappa shape index (κ2) is 7.68. The first-order valence-electron chi connectivity index (χ1n) is 6.96. The van der Waals surface area contributed by atoms with Crippen molar-refractivity contribution in [2.75, 3.05) is 18.4 Å². The standard InChI is InChI=1S/C14H19N5OS/c1-3-7-15-12-5-4-11(18-19-12)14(20)16-8-6-13-17-10(2)9-21-13/h4-5,9H,3,6-8H2,1-2H3,(H,15,19)(H,16,20). The lowest BCUT2D eigenvalue weighted by Crippen LogP contribution is -2.26. The lowest BCUT2D eigenvalue weighted by molar-refractivity contribution is 0.0948. The van der Waals surface area contributed by atoms with Gasteiger partial charge in [-0.15, -0.1) is 21.5 Å². The van der Waals surface area contributed by atoms with Gasteiger partial charge >= 0.3 is 0 Å². The molecule has 0 spiro atoms. The van der Waals surface area contributed by atoms with Crippen molar-refractivity contribution in [1.29, 1.82) is 0 Å². The molecule has 0 atom stereocenters. The van der Waals surface area contributed by atoms with E-state index in [1.165, 1.54) is 0 Å². The highest BCUT2D eigenvalue weighted by Crippen LogP contribution is 2.08. The minimum absolute atomic E-state index is 0.210. The highest BCUT2D eigenvalue weighted by atomic mass is 32.1. The van der Waals surface area contributed by atoms with Crippen LogP contribution in [0.3, 0.4) is 0 Å². The van der Waals surface area contributed by atoms with Crippen LogP contribution in [0.25, 0.3) is 0 Å². The monoisotopic (exact) mass is 305 g/mol. The summed E-state index contributed by atoms with van der Waals surface area (Å²) in [4.78, 5) is 16.3. The Morgan fingerprint density at radius 3 is 2.76 bits per heavy atom. The molecule has 2 N–H and O–H groups in total. The molecule has 0 bridgehead atoms. The zero-order valence-electron chi connectivity index (χ0n) is 12.2. The highest BCUT2D eigenvalue weighted by Gasteiger charge is 2.08. The fraction of sp³-hybridized carbons (Fsp3) is 0.429. The van der Waals surface area contributed by atoms with Crippen LogP contribution in [0, 0.1) is 6.92 Å². The van der Waals surface area contributed by atoms with E-state index in [9.17, 15) is 4.79 Å². The summed E-state index contributed by atoms with van der Waals surface area (Å²) in [6.45, 7) is 5.42. The van der Waals surface area contributed by atoms with Crippen molar-refractivity contribution in [3.8, 4) is 0 Å². The number of carbonyl (C=O) groups excluding carboxylic acids is 1. The molecule has 0 aliphatic carbocycles. The van der Waals surface area contributed by atoms with E-state index in [4.69, 9.17) is 0 Å². The van der Waals surface area contributed by atoms with E-state index < -0.39 is 0 Å². The van der Waals surface area contributed by atoms with Gasteiger partial charge in [0, 0.05) is 30.6 Å². The van der Waals surface area contributed by atoms with Gasteiger partial charge in [0.25, 0.3) is 5.91 Å².